The van der Waals surface area contributed by atoms with Gasteiger partial charge >= 0.3 is 0 Å². The van der Waals surface area contributed by atoms with Crippen LogP contribution in [-0.4, -0.2) is 102 Å². The molecule has 9 heteroatoms. The molecule has 1 aromatic carbocycles. The van der Waals surface area contributed by atoms with Gasteiger partial charge in [0.25, 0.3) is 0 Å². The smallest absolute Gasteiger partial charge is 0.237 e. The number of hydrogen-bond acceptors (Lipinski definition) is 6. The van der Waals surface area contributed by atoms with Crippen molar-refractivity contribution >= 4 is 22.7 Å². The van der Waals surface area contributed by atoms with Crippen LogP contribution in [0.2, 0.25) is 0 Å². The molecule has 5 rings (SSSR count). The van der Waals surface area contributed by atoms with Gasteiger partial charge in [-0.15, -0.1) is 0 Å². The number of aryl methyl sites for hydroxylation is 1. The molecule has 0 bridgehead atoms. The Balaban J connectivity index is 1.58. The minimum Gasteiger partial charge on any atom is -0.497 e. The number of fused-ring (bicyclic) bond motifs is 4. The molecular formula is C25H34N4O5. The number of aliphatic hydroxyl groups is 1. The first-order chi connectivity index (χ1) is 16.4. The fraction of sp³-hybridized carbons (Fsp3) is 0.600. The maximum atomic E-state index is 13.6. The highest BCUT2D eigenvalue weighted by molar-refractivity contribution is 5.91. The zero-order chi connectivity index (χ0) is 24.0. The second-order valence-corrected chi connectivity index (χ2v) is 9.69. The molecule has 0 radical (unpaired) electrons. The fourth-order valence-electron chi connectivity index (χ4n) is 6.00. The SMILES string of the molecule is CCC(=O)N1CC2(C1)CN(C(=O)CN1CCOCC1)[C@H](CO)c1c2c2ccc(OC)cc2n1C. The van der Waals surface area contributed by atoms with Crippen LogP contribution >= 0.6 is 0 Å². The van der Waals surface area contributed by atoms with E-state index >= 15 is 0 Å². The first kappa shape index (κ1) is 23.1. The van der Waals surface area contributed by atoms with Crippen LogP contribution in [0.1, 0.15) is 30.6 Å². The lowest BCUT2D eigenvalue weighted by Crippen LogP contribution is -2.68. The maximum Gasteiger partial charge on any atom is 0.237 e. The van der Waals surface area contributed by atoms with E-state index in [0.29, 0.717) is 45.8 Å². The first-order valence-electron chi connectivity index (χ1n) is 12.1. The van der Waals surface area contributed by atoms with Crippen molar-refractivity contribution in [2.75, 3.05) is 66.2 Å². The van der Waals surface area contributed by atoms with Crippen LogP contribution in [0.25, 0.3) is 10.9 Å². The van der Waals surface area contributed by atoms with E-state index in [9.17, 15) is 14.7 Å². The number of amides is 2. The Morgan fingerprint density at radius 3 is 2.56 bits per heavy atom. The van der Waals surface area contributed by atoms with Gasteiger partial charge in [-0.3, -0.25) is 14.5 Å². The van der Waals surface area contributed by atoms with Crippen LogP contribution in [0.15, 0.2) is 18.2 Å². The molecular weight excluding hydrogens is 436 g/mol. The van der Waals surface area contributed by atoms with Crippen LogP contribution in [-0.2, 0) is 26.8 Å². The number of rotatable bonds is 5. The normalized spacial score (nSPS) is 22.1. The summed E-state index contributed by atoms with van der Waals surface area (Å²) in [5.41, 5.74) is 2.77. The average Bonchev–Trinajstić information content (AvgIpc) is 3.14. The number of ether oxygens (including phenoxy) is 2. The Bertz CT molecular complexity index is 1100. The molecule has 1 aromatic heterocycles. The number of benzene rings is 1. The van der Waals surface area contributed by atoms with Crippen molar-refractivity contribution in [3.63, 3.8) is 0 Å². The molecule has 0 unspecified atom stereocenters. The van der Waals surface area contributed by atoms with E-state index < -0.39 is 6.04 Å². The van der Waals surface area contributed by atoms with E-state index in [2.05, 4.69) is 15.5 Å². The van der Waals surface area contributed by atoms with Gasteiger partial charge < -0.3 is 28.9 Å². The summed E-state index contributed by atoms with van der Waals surface area (Å²) in [4.78, 5) is 31.9. The summed E-state index contributed by atoms with van der Waals surface area (Å²) in [6.07, 6.45) is 0.467. The summed E-state index contributed by atoms with van der Waals surface area (Å²) in [6, 6.07) is 5.59. The number of likely N-dealkylation sites (tertiary alicyclic amines) is 1. The molecule has 4 heterocycles. The zero-order valence-electron chi connectivity index (χ0n) is 20.2. The van der Waals surface area contributed by atoms with Gasteiger partial charge in [0.1, 0.15) is 5.75 Å². The number of aromatic nitrogens is 1. The van der Waals surface area contributed by atoms with Crippen molar-refractivity contribution in [2.24, 2.45) is 7.05 Å². The van der Waals surface area contributed by atoms with E-state index in [1.165, 1.54) is 0 Å². The molecule has 0 saturated carbocycles. The second-order valence-electron chi connectivity index (χ2n) is 9.69. The molecule has 2 saturated heterocycles. The van der Waals surface area contributed by atoms with Gasteiger partial charge in [0.05, 0.1) is 50.4 Å². The number of morpholine rings is 1. The summed E-state index contributed by atoms with van der Waals surface area (Å²) >= 11 is 0. The lowest BCUT2D eigenvalue weighted by atomic mass is 9.68. The molecule has 1 atom stereocenters. The summed E-state index contributed by atoms with van der Waals surface area (Å²) in [5.74, 6) is 0.898. The van der Waals surface area contributed by atoms with E-state index in [0.717, 1.165) is 41.0 Å². The maximum absolute atomic E-state index is 13.6. The Labute approximate surface area is 199 Å². The van der Waals surface area contributed by atoms with Crippen molar-refractivity contribution in [1.29, 1.82) is 0 Å². The molecule has 2 fully saturated rings. The van der Waals surface area contributed by atoms with Crippen LogP contribution in [0.3, 0.4) is 0 Å². The van der Waals surface area contributed by atoms with Crippen molar-refractivity contribution < 1.29 is 24.2 Å². The Morgan fingerprint density at radius 1 is 1.18 bits per heavy atom. The van der Waals surface area contributed by atoms with Crippen LogP contribution in [0, 0.1) is 0 Å². The fourth-order valence-corrected chi connectivity index (χ4v) is 6.00. The molecule has 1 N–H and O–H groups in total. The number of nitrogens with zero attached hydrogens (tertiary/aromatic N) is 4. The lowest BCUT2D eigenvalue weighted by Gasteiger charge is -2.56. The van der Waals surface area contributed by atoms with Crippen molar-refractivity contribution in [2.45, 2.75) is 24.8 Å². The Kier molecular flexibility index (Phi) is 6.03. The van der Waals surface area contributed by atoms with E-state index in [-0.39, 0.29) is 23.8 Å². The monoisotopic (exact) mass is 470 g/mol. The van der Waals surface area contributed by atoms with Crippen molar-refractivity contribution in [3.05, 3.63) is 29.5 Å². The number of carbonyl (C=O) groups excluding carboxylic acids is 2. The minimum atomic E-state index is -0.437. The van der Waals surface area contributed by atoms with Gasteiger partial charge in [-0.1, -0.05) is 6.92 Å². The molecule has 0 aliphatic carbocycles. The van der Waals surface area contributed by atoms with Gasteiger partial charge in [-0.2, -0.15) is 0 Å². The quantitative estimate of drug-likeness (QED) is 0.698. The number of aliphatic hydroxyl groups excluding tert-OH is 1. The standard InChI is InChI=1S/C25H34N4O5/c1-4-21(31)28-14-25(15-28)16-29(22(32)12-27-7-9-34-10-8-27)20(13-30)24-23(25)18-6-5-17(33-3)11-19(18)26(24)2/h5-6,11,20,30H,4,7-10,12-16H2,1-3H3/t20-/m1/s1. The highest BCUT2D eigenvalue weighted by Gasteiger charge is 2.55. The zero-order valence-corrected chi connectivity index (χ0v) is 20.2. The topological polar surface area (TPSA) is 87.5 Å². The highest BCUT2D eigenvalue weighted by atomic mass is 16.5. The molecule has 3 aliphatic heterocycles. The van der Waals surface area contributed by atoms with E-state index in [1.807, 2.05) is 35.9 Å². The number of carbonyl (C=O) groups is 2. The highest BCUT2D eigenvalue weighted by Crippen LogP contribution is 2.49. The third-order valence-corrected chi connectivity index (χ3v) is 7.75. The van der Waals surface area contributed by atoms with Crippen LogP contribution in [0.5, 0.6) is 5.75 Å². The molecule has 34 heavy (non-hydrogen) atoms. The van der Waals surface area contributed by atoms with Crippen molar-refractivity contribution in [3.8, 4) is 5.75 Å². The molecule has 3 aliphatic rings. The van der Waals surface area contributed by atoms with E-state index in [4.69, 9.17) is 9.47 Å². The first-order valence-corrected chi connectivity index (χ1v) is 12.1. The van der Waals surface area contributed by atoms with Crippen LogP contribution < -0.4 is 4.74 Å². The second kappa shape index (κ2) is 8.87. The predicted molar refractivity (Wildman–Crippen MR) is 127 cm³/mol. The van der Waals surface area contributed by atoms with Gasteiger partial charge in [0.15, 0.2) is 0 Å². The van der Waals surface area contributed by atoms with Crippen molar-refractivity contribution in [1.82, 2.24) is 19.3 Å². The summed E-state index contributed by atoms with van der Waals surface area (Å²) in [7, 11) is 3.63. The van der Waals surface area contributed by atoms with Gasteiger partial charge in [-0.25, -0.2) is 0 Å². The number of hydrogen-bond donors (Lipinski definition) is 1. The molecule has 1 spiro atoms. The van der Waals surface area contributed by atoms with Gasteiger partial charge in [-0.05, 0) is 17.7 Å². The third-order valence-electron chi connectivity index (χ3n) is 7.75. The largest absolute Gasteiger partial charge is 0.497 e. The van der Waals surface area contributed by atoms with Crippen LogP contribution in [0.4, 0.5) is 0 Å². The lowest BCUT2D eigenvalue weighted by molar-refractivity contribution is -0.146. The molecule has 9 nitrogen and oxygen atoms in total. The molecule has 184 valence electrons. The summed E-state index contributed by atoms with van der Waals surface area (Å²) in [6.45, 7) is 6.40. The Hall–Kier alpha value is -2.62. The third kappa shape index (κ3) is 3.57. The molecule has 2 amide bonds. The van der Waals surface area contributed by atoms with Gasteiger partial charge in [0.2, 0.25) is 11.8 Å². The summed E-state index contributed by atoms with van der Waals surface area (Å²) < 4.78 is 13.0. The predicted octanol–water partition coefficient (Wildman–Crippen LogP) is 0.885. The summed E-state index contributed by atoms with van der Waals surface area (Å²) in [5, 5.41) is 11.6. The molecule has 2 aromatic rings. The minimum absolute atomic E-state index is 0.00841. The Morgan fingerprint density at radius 2 is 1.91 bits per heavy atom. The average molecular weight is 471 g/mol. The number of methoxy groups -OCH3 is 1. The van der Waals surface area contributed by atoms with Gasteiger partial charge in [0, 0.05) is 63.3 Å². The van der Waals surface area contributed by atoms with E-state index in [1.54, 1.807) is 7.11 Å².